The normalized spacial score (nSPS) is 12.3. The maximum atomic E-state index is 14.0. The highest BCUT2D eigenvalue weighted by Crippen LogP contribution is 2.34. The Kier molecular flexibility index (Phi) is 3.76. The fourth-order valence-corrected chi connectivity index (χ4v) is 1.88. The van der Waals surface area contributed by atoms with Crippen molar-refractivity contribution >= 4 is 0 Å². The second kappa shape index (κ2) is 5.32. The van der Waals surface area contributed by atoms with Crippen LogP contribution in [0.5, 0.6) is 11.5 Å². The number of methoxy groups -OCH3 is 2. The summed E-state index contributed by atoms with van der Waals surface area (Å²) < 4.78 is 29.6. The van der Waals surface area contributed by atoms with Gasteiger partial charge in [-0.15, -0.1) is 0 Å². The summed E-state index contributed by atoms with van der Waals surface area (Å²) in [5, 5.41) is 0. The number of furan rings is 1. The maximum absolute atomic E-state index is 14.0. The third-order valence-corrected chi connectivity index (χ3v) is 2.91. The maximum Gasteiger partial charge on any atom is 0.163 e. The number of rotatable bonds is 4. The number of nitrogens with two attached hydrogens (primary N) is 1. The van der Waals surface area contributed by atoms with Gasteiger partial charge < -0.3 is 19.6 Å². The molecular weight excluding hydrogens is 249 g/mol. The molecule has 0 saturated carbocycles. The van der Waals surface area contributed by atoms with Crippen molar-refractivity contribution in [1.82, 2.24) is 0 Å². The highest BCUT2D eigenvalue weighted by Gasteiger charge is 2.20. The molecule has 1 aromatic heterocycles. The Hall–Kier alpha value is -2.01. The molecule has 0 aliphatic heterocycles. The van der Waals surface area contributed by atoms with Crippen LogP contribution in [0, 0.1) is 12.7 Å². The summed E-state index contributed by atoms with van der Waals surface area (Å²) >= 11 is 0. The molecule has 2 N–H and O–H groups in total. The Morgan fingerprint density at radius 2 is 1.79 bits per heavy atom. The lowest BCUT2D eigenvalue weighted by atomic mass is 10.0. The molecule has 2 aromatic rings. The first-order valence-corrected chi connectivity index (χ1v) is 5.80. The van der Waals surface area contributed by atoms with E-state index in [2.05, 4.69) is 0 Å². The number of hydrogen-bond donors (Lipinski definition) is 1. The van der Waals surface area contributed by atoms with Crippen LogP contribution in [0.3, 0.4) is 0 Å². The molecule has 0 saturated heterocycles. The summed E-state index contributed by atoms with van der Waals surface area (Å²) in [6.45, 7) is 1.81. The zero-order valence-electron chi connectivity index (χ0n) is 11.1. The van der Waals surface area contributed by atoms with E-state index < -0.39 is 11.9 Å². The molecule has 0 spiro atoms. The van der Waals surface area contributed by atoms with E-state index in [4.69, 9.17) is 19.6 Å². The Morgan fingerprint density at radius 1 is 1.16 bits per heavy atom. The predicted molar refractivity (Wildman–Crippen MR) is 69.0 cm³/mol. The third-order valence-electron chi connectivity index (χ3n) is 2.91. The molecule has 4 nitrogen and oxygen atoms in total. The molecule has 1 aromatic carbocycles. The fraction of sp³-hybridized carbons (Fsp3) is 0.286. The van der Waals surface area contributed by atoms with E-state index in [1.54, 1.807) is 19.1 Å². The SMILES string of the molecule is COc1cc(F)c(C(N)c2ccc(C)o2)cc1OC. The van der Waals surface area contributed by atoms with Gasteiger partial charge in [-0.2, -0.15) is 0 Å². The second-order valence-electron chi connectivity index (χ2n) is 4.15. The van der Waals surface area contributed by atoms with E-state index >= 15 is 0 Å². The molecule has 0 radical (unpaired) electrons. The summed E-state index contributed by atoms with van der Waals surface area (Å²) in [6, 6.07) is 5.61. The van der Waals surface area contributed by atoms with E-state index in [0.29, 0.717) is 22.8 Å². The average molecular weight is 265 g/mol. The Bertz CT molecular complexity index is 580. The standard InChI is InChI=1S/C14H16FNO3/c1-8-4-5-11(19-8)14(16)9-6-12(17-2)13(18-3)7-10(9)15/h4-7,14H,16H2,1-3H3. The molecule has 0 fully saturated rings. The van der Waals surface area contributed by atoms with Crippen LogP contribution in [-0.2, 0) is 0 Å². The topological polar surface area (TPSA) is 57.6 Å². The average Bonchev–Trinajstić information content (AvgIpc) is 2.84. The molecule has 5 heteroatoms. The first-order valence-electron chi connectivity index (χ1n) is 5.80. The highest BCUT2D eigenvalue weighted by atomic mass is 19.1. The molecule has 19 heavy (non-hydrogen) atoms. The summed E-state index contributed by atoms with van der Waals surface area (Å²) in [4.78, 5) is 0. The van der Waals surface area contributed by atoms with Gasteiger partial charge in [0, 0.05) is 11.6 Å². The van der Waals surface area contributed by atoms with E-state index in [1.807, 2.05) is 0 Å². The van der Waals surface area contributed by atoms with Crippen molar-refractivity contribution in [1.29, 1.82) is 0 Å². The van der Waals surface area contributed by atoms with Crippen LogP contribution in [0.4, 0.5) is 4.39 Å². The van der Waals surface area contributed by atoms with Gasteiger partial charge in [-0.1, -0.05) is 0 Å². The van der Waals surface area contributed by atoms with Gasteiger partial charge in [0.1, 0.15) is 17.3 Å². The Balaban J connectivity index is 2.44. The van der Waals surface area contributed by atoms with Crippen LogP contribution < -0.4 is 15.2 Å². The van der Waals surface area contributed by atoms with Gasteiger partial charge in [0.05, 0.1) is 20.3 Å². The summed E-state index contributed by atoms with van der Waals surface area (Å²) in [5.41, 5.74) is 6.31. The lowest BCUT2D eigenvalue weighted by molar-refractivity contribution is 0.350. The summed E-state index contributed by atoms with van der Waals surface area (Å²) in [5.74, 6) is 1.53. The first-order chi connectivity index (χ1) is 9.06. The lowest BCUT2D eigenvalue weighted by Crippen LogP contribution is -2.13. The van der Waals surface area contributed by atoms with Crippen LogP contribution in [-0.4, -0.2) is 14.2 Å². The molecule has 0 aliphatic carbocycles. The van der Waals surface area contributed by atoms with Crippen LogP contribution >= 0.6 is 0 Å². The minimum absolute atomic E-state index is 0.298. The van der Waals surface area contributed by atoms with Crippen molar-refractivity contribution in [3.05, 3.63) is 47.2 Å². The van der Waals surface area contributed by atoms with Crippen LogP contribution in [0.15, 0.2) is 28.7 Å². The smallest absolute Gasteiger partial charge is 0.163 e. The molecule has 0 bridgehead atoms. The third kappa shape index (κ3) is 2.56. The number of halogens is 1. The molecule has 1 atom stereocenters. The molecule has 1 unspecified atom stereocenters. The summed E-state index contributed by atoms with van der Waals surface area (Å²) in [6.07, 6.45) is 0. The number of benzene rings is 1. The van der Waals surface area contributed by atoms with E-state index in [-0.39, 0.29) is 0 Å². The zero-order valence-corrected chi connectivity index (χ0v) is 11.1. The predicted octanol–water partition coefficient (Wildman–Crippen LogP) is 2.79. The van der Waals surface area contributed by atoms with E-state index in [0.717, 1.165) is 5.76 Å². The number of aryl methyl sites for hydroxylation is 1. The number of hydrogen-bond acceptors (Lipinski definition) is 4. The largest absolute Gasteiger partial charge is 0.493 e. The molecule has 1 heterocycles. The lowest BCUT2D eigenvalue weighted by Gasteiger charge is -2.14. The monoisotopic (exact) mass is 265 g/mol. The van der Waals surface area contributed by atoms with E-state index in [1.165, 1.54) is 26.4 Å². The van der Waals surface area contributed by atoms with Crippen molar-refractivity contribution in [3.63, 3.8) is 0 Å². The van der Waals surface area contributed by atoms with Crippen LogP contribution in [0.1, 0.15) is 23.1 Å². The molecule has 102 valence electrons. The highest BCUT2D eigenvalue weighted by molar-refractivity contribution is 5.45. The Labute approximate surface area is 110 Å². The first kappa shape index (κ1) is 13.4. The second-order valence-corrected chi connectivity index (χ2v) is 4.15. The van der Waals surface area contributed by atoms with Gasteiger partial charge >= 0.3 is 0 Å². The van der Waals surface area contributed by atoms with Gasteiger partial charge in [0.25, 0.3) is 0 Å². The van der Waals surface area contributed by atoms with Crippen molar-refractivity contribution in [2.45, 2.75) is 13.0 Å². The van der Waals surface area contributed by atoms with E-state index in [9.17, 15) is 4.39 Å². The minimum atomic E-state index is -0.687. The van der Waals surface area contributed by atoms with Gasteiger partial charge in [-0.05, 0) is 25.1 Å². The van der Waals surface area contributed by atoms with Crippen molar-refractivity contribution in [2.75, 3.05) is 14.2 Å². The fourth-order valence-electron chi connectivity index (χ4n) is 1.88. The molecule has 2 rings (SSSR count). The van der Waals surface area contributed by atoms with Crippen LogP contribution in [0.25, 0.3) is 0 Å². The van der Waals surface area contributed by atoms with Crippen molar-refractivity contribution in [3.8, 4) is 11.5 Å². The quantitative estimate of drug-likeness (QED) is 0.923. The zero-order chi connectivity index (χ0) is 14.0. The van der Waals surface area contributed by atoms with Gasteiger partial charge in [-0.3, -0.25) is 0 Å². The van der Waals surface area contributed by atoms with Gasteiger partial charge in [0.2, 0.25) is 0 Å². The number of ether oxygens (including phenoxy) is 2. The van der Waals surface area contributed by atoms with Gasteiger partial charge in [0.15, 0.2) is 11.5 Å². The van der Waals surface area contributed by atoms with Crippen molar-refractivity contribution < 1.29 is 18.3 Å². The minimum Gasteiger partial charge on any atom is -0.493 e. The molecule has 0 amide bonds. The van der Waals surface area contributed by atoms with Gasteiger partial charge in [-0.25, -0.2) is 4.39 Å². The van der Waals surface area contributed by atoms with Crippen molar-refractivity contribution in [2.24, 2.45) is 5.73 Å². The molecular formula is C14H16FNO3. The summed E-state index contributed by atoms with van der Waals surface area (Å²) in [7, 11) is 2.94. The Morgan fingerprint density at radius 3 is 2.32 bits per heavy atom. The van der Waals surface area contributed by atoms with Crippen LogP contribution in [0.2, 0.25) is 0 Å². The molecule has 0 aliphatic rings.